The summed E-state index contributed by atoms with van der Waals surface area (Å²) >= 11 is 0. The lowest BCUT2D eigenvalue weighted by molar-refractivity contribution is -0.192. The van der Waals surface area contributed by atoms with Crippen LogP contribution in [-0.4, -0.2) is 76.9 Å². The highest BCUT2D eigenvalue weighted by atomic mass is 19.4. The van der Waals surface area contributed by atoms with Gasteiger partial charge in [-0.15, -0.1) is 0 Å². The van der Waals surface area contributed by atoms with Gasteiger partial charge in [-0.05, 0) is 58.4 Å². The van der Waals surface area contributed by atoms with Crippen molar-refractivity contribution in [1.82, 2.24) is 9.80 Å². The molecule has 3 aliphatic rings. The number of carboxylic acids is 1. The summed E-state index contributed by atoms with van der Waals surface area (Å²) in [5.74, 6) is -2.39. The van der Waals surface area contributed by atoms with Crippen molar-refractivity contribution in [3.63, 3.8) is 0 Å². The van der Waals surface area contributed by atoms with Crippen molar-refractivity contribution in [1.29, 1.82) is 0 Å². The van der Waals surface area contributed by atoms with Gasteiger partial charge in [-0.3, -0.25) is 4.79 Å². The highest BCUT2D eigenvalue weighted by Gasteiger charge is 2.46. The summed E-state index contributed by atoms with van der Waals surface area (Å²) in [5, 5.41) is 7.12. The molecule has 1 spiro atoms. The van der Waals surface area contributed by atoms with Crippen molar-refractivity contribution < 1.29 is 32.6 Å². The molecule has 0 radical (unpaired) electrons. The van der Waals surface area contributed by atoms with Gasteiger partial charge in [0.2, 0.25) is 5.91 Å². The summed E-state index contributed by atoms with van der Waals surface area (Å²) in [5.41, 5.74) is 0.130. The summed E-state index contributed by atoms with van der Waals surface area (Å²) in [6.45, 7) is 8.66. The Labute approximate surface area is 170 Å². The third kappa shape index (κ3) is 6.31. The first kappa shape index (κ1) is 23.9. The molecule has 0 bridgehead atoms. The minimum atomic E-state index is -5.08. The van der Waals surface area contributed by atoms with Gasteiger partial charge in [0.25, 0.3) is 0 Å². The third-order valence-electron chi connectivity index (χ3n) is 6.50. The van der Waals surface area contributed by atoms with Gasteiger partial charge in [-0.2, -0.15) is 13.2 Å². The minimum Gasteiger partial charge on any atom is -0.475 e. The van der Waals surface area contributed by atoms with Gasteiger partial charge in [0.15, 0.2) is 0 Å². The van der Waals surface area contributed by atoms with Crippen LogP contribution in [-0.2, 0) is 14.3 Å². The fourth-order valence-electron chi connectivity index (χ4n) is 4.58. The lowest BCUT2D eigenvalue weighted by Crippen LogP contribution is -2.49. The Hall–Kier alpha value is -1.35. The van der Waals surface area contributed by atoms with Crippen molar-refractivity contribution >= 4 is 11.9 Å². The van der Waals surface area contributed by atoms with Crippen LogP contribution in [0, 0.1) is 0 Å². The Morgan fingerprint density at radius 1 is 1.28 bits per heavy atom. The van der Waals surface area contributed by atoms with E-state index in [9.17, 15) is 18.0 Å². The number of carbonyl (C=O) groups is 2. The number of nitrogens with zero attached hydrogens (tertiary/aromatic N) is 2. The molecule has 6 nitrogen and oxygen atoms in total. The number of rotatable bonds is 4. The van der Waals surface area contributed by atoms with Gasteiger partial charge in [-0.1, -0.05) is 6.92 Å². The lowest BCUT2D eigenvalue weighted by atomic mass is 9.87. The maximum atomic E-state index is 12.5. The molecular formula is C20H33F3N2O4. The predicted octanol–water partition coefficient (Wildman–Crippen LogP) is 3.44. The second kappa shape index (κ2) is 10.1. The van der Waals surface area contributed by atoms with E-state index in [0.29, 0.717) is 11.9 Å². The van der Waals surface area contributed by atoms with Crippen LogP contribution in [0.2, 0.25) is 0 Å². The molecule has 0 saturated carbocycles. The van der Waals surface area contributed by atoms with Crippen molar-refractivity contribution in [2.75, 3.05) is 26.2 Å². The number of halogens is 3. The van der Waals surface area contributed by atoms with Crippen molar-refractivity contribution in [2.24, 2.45) is 0 Å². The molecule has 3 rings (SSSR count). The van der Waals surface area contributed by atoms with Crippen molar-refractivity contribution in [3.05, 3.63) is 0 Å². The maximum absolute atomic E-state index is 12.5. The van der Waals surface area contributed by atoms with Gasteiger partial charge in [-0.25, -0.2) is 4.79 Å². The molecule has 1 amide bonds. The number of amides is 1. The van der Waals surface area contributed by atoms with Crippen LogP contribution in [0.1, 0.15) is 65.2 Å². The molecule has 1 N–H and O–H groups in total. The fourth-order valence-corrected chi connectivity index (χ4v) is 4.58. The van der Waals surface area contributed by atoms with Gasteiger partial charge in [0.1, 0.15) is 0 Å². The minimum absolute atomic E-state index is 0.130. The first-order valence-corrected chi connectivity index (χ1v) is 10.6. The summed E-state index contributed by atoms with van der Waals surface area (Å²) in [4.78, 5) is 26.2. The number of ether oxygens (including phenoxy) is 1. The van der Waals surface area contributed by atoms with E-state index in [2.05, 4.69) is 23.6 Å². The van der Waals surface area contributed by atoms with E-state index in [1.807, 2.05) is 0 Å². The molecule has 168 valence electrons. The molecule has 0 aliphatic carbocycles. The number of carbonyl (C=O) groups excluding carboxylic acids is 1. The summed E-state index contributed by atoms with van der Waals surface area (Å²) in [6.07, 6.45) is 4.05. The van der Waals surface area contributed by atoms with E-state index in [-0.39, 0.29) is 11.6 Å². The molecule has 3 aliphatic heterocycles. The average molecular weight is 422 g/mol. The number of carboxylic acid groups (broad SMARTS) is 1. The first-order chi connectivity index (χ1) is 13.6. The highest BCUT2D eigenvalue weighted by Crippen LogP contribution is 2.40. The Morgan fingerprint density at radius 2 is 1.97 bits per heavy atom. The average Bonchev–Trinajstić information content (AvgIpc) is 3.21. The summed E-state index contributed by atoms with van der Waals surface area (Å²) in [6, 6.07) is 0.666. The molecule has 3 unspecified atom stereocenters. The number of likely N-dealkylation sites (tertiary alicyclic amines) is 2. The van der Waals surface area contributed by atoms with Crippen LogP contribution in [0.25, 0.3) is 0 Å². The topological polar surface area (TPSA) is 70.1 Å². The normalized spacial score (nSPS) is 29.5. The monoisotopic (exact) mass is 422 g/mol. The Bertz CT molecular complexity index is 566. The van der Waals surface area contributed by atoms with E-state index >= 15 is 0 Å². The molecule has 0 aromatic rings. The molecule has 29 heavy (non-hydrogen) atoms. The fraction of sp³-hybridized carbons (Fsp3) is 0.900. The zero-order valence-corrected chi connectivity index (χ0v) is 17.3. The van der Waals surface area contributed by atoms with Crippen LogP contribution in [0.4, 0.5) is 13.2 Å². The maximum Gasteiger partial charge on any atom is 0.490 e. The Kier molecular flexibility index (Phi) is 8.34. The molecule has 0 aromatic heterocycles. The summed E-state index contributed by atoms with van der Waals surface area (Å²) < 4.78 is 37.5. The number of hydrogen-bond acceptors (Lipinski definition) is 4. The summed E-state index contributed by atoms with van der Waals surface area (Å²) in [7, 11) is 0. The second-order valence-electron chi connectivity index (χ2n) is 8.31. The molecule has 3 heterocycles. The van der Waals surface area contributed by atoms with Gasteiger partial charge in [0, 0.05) is 37.7 Å². The Balaban J connectivity index is 0.000000370. The largest absolute Gasteiger partial charge is 0.490 e. The molecular weight excluding hydrogens is 389 g/mol. The van der Waals surface area contributed by atoms with Gasteiger partial charge in [0.05, 0.1) is 6.10 Å². The molecule has 3 saturated heterocycles. The van der Waals surface area contributed by atoms with E-state index < -0.39 is 12.1 Å². The Morgan fingerprint density at radius 3 is 2.52 bits per heavy atom. The first-order valence-electron chi connectivity index (χ1n) is 10.6. The standard InChI is InChI=1S/C18H32N2O2.C2HF3O2/c1-3-15(2)19-11-5-8-18(10-12-19)9-7-17(21)20(18)14-16-6-4-13-22-16;3-2(4,5)1(6)7/h15-16H,3-14H2,1-2H3;(H,6,7). The van der Waals surface area contributed by atoms with Crippen molar-refractivity contribution in [2.45, 2.75) is 89.1 Å². The van der Waals surface area contributed by atoms with Crippen LogP contribution in [0.15, 0.2) is 0 Å². The van der Waals surface area contributed by atoms with Crippen LogP contribution >= 0.6 is 0 Å². The number of aliphatic carboxylic acids is 1. The number of hydrogen-bond donors (Lipinski definition) is 1. The molecule has 0 aromatic carbocycles. The van der Waals surface area contributed by atoms with Crippen LogP contribution < -0.4 is 0 Å². The molecule has 3 fully saturated rings. The lowest BCUT2D eigenvalue weighted by Gasteiger charge is -2.39. The van der Waals surface area contributed by atoms with Crippen LogP contribution in [0.5, 0.6) is 0 Å². The zero-order chi connectivity index (χ0) is 21.7. The van der Waals surface area contributed by atoms with Gasteiger partial charge < -0.3 is 19.6 Å². The van der Waals surface area contributed by atoms with E-state index in [0.717, 1.165) is 51.8 Å². The van der Waals surface area contributed by atoms with Gasteiger partial charge >= 0.3 is 12.1 Å². The molecule has 9 heteroatoms. The third-order valence-corrected chi connectivity index (χ3v) is 6.50. The zero-order valence-electron chi connectivity index (χ0n) is 17.3. The van der Waals surface area contributed by atoms with Crippen molar-refractivity contribution in [3.8, 4) is 0 Å². The quantitative estimate of drug-likeness (QED) is 0.752. The second-order valence-corrected chi connectivity index (χ2v) is 8.31. The number of alkyl halides is 3. The predicted molar refractivity (Wildman–Crippen MR) is 102 cm³/mol. The smallest absolute Gasteiger partial charge is 0.475 e. The van der Waals surface area contributed by atoms with Crippen LogP contribution in [0.3, 0.4) is 0 Å². The highest BCUT2D eigenvalue weighted by molar-refractivity contribution is 5.79. The van der Waals surface area contributed by atoms with E-state index in [1.54, 1.807) is 0 Å². The SMILES string of the molecule is CCC(C)N1CCCC2(CCC(=O)N2CC2CCCO2)CC1.O=C(O)C(F)(F)F. The van der Waals surface area contributed by atoms with E-state index in [1.165, 1.54) is 25.8 Å². The van der Waals surface area contributed by atoms with E-state index in [4.69, 9.17) is 14.6 Å². The molecule has 3 atom stereocenters.